The predicted octanol–water partition coefficient (Wildman–Crippen LogP) is 2.63. The predicted molar refractivity (Wildman–Crippen MR) is 64.0 cm³/mol. The number of aliphatic imine (C=N–C) groups is 1. The molecule has 0 spiro atoms. The first kappa shape index (κ1) is 10.6. The van der Waals surface area contributed by atoms with Gasteiger partial charge in [0.25, 0.3) is 0 Å². The topological polar surface area (TPSA) is 49.7 Å². The number of hydrogen-bond donors (Lipinski definition) is 1. The number of carbonyl (C=O) groups excluding carboxylic acids is 1. The van der Waals surface area contributed by atoms with Crippen molar-refractivity contribution in [1.82, 2.24) is 0 Å². The molecule has 82 valence electrons. The van der Waals surface area contributed by atoms with Crippen molar-refractivity contribution in [2.24, 2.45) is 4.99 Å². The van der Waals surface area contributed by atoms with E-state index in [1.165, 1.54) is 0 Å². The molecule has 0 amide bonds. The second-order valence-electron chi connectivity index (χ2n) is 3.66. The maximum atomic E-state index is 12.0. The highest BCUT2D eigenvalue weighted by molar-refractivity contribution is 6.35. The molecule has 0 aliphatic heterocycles. The number of carbonyl (C=O) groups is 1. The number of benzene rings is 1. The Labute approximate surface area is 94.1 Å². The van der Waals surface area contributed by atoms with Crippen LogP contribution in [0.5, 0.6) is 0 Å². The highest BCUT2D eigenvalue weighted by Gasteiger charge is 2.30. The average Bonchev–Trinajstić information content (AvgIpc) is 2.53. The van der Waals surface area contributed by atoms with Gasteiger partial charge in [-0.1, -0.05) is 24.3 Å². The molecule has 1 N–H and O–H groups in total. The van der Waals surface area contributed by atoms with Gasteiger partial charge in [-0.3, -0.25) is 9.79 Å². The maximum absolute atomic E-state index is 12.0. The lowest BCUT2D eigenvalue weighted by atomic mass is 10.1. The number of allylic oxidation sites excluding steroid dienone is 1. The molecule has 1 aliphatic rings. The quantitative estimate of drug-likeness (QED) is 0.771. The molecule has 0 aromatic heterocycles. The van der Waals surface area contributed by atoms with E-state index < -0.39 is 0 Å². The molecule has 0 atom stereocenters. The van der Waals surface area contributed by atoms with Gasteiger partial charge in [-0.15, -0.1) is 0 Å². The monoisotopic (exact) mass is 215 g/mol. The minimum absolute atomic E-state index is 0.0512. The summed E-state index contributed by atoms with van der Waals surface area (Å²) in [4.78, 5) is 16.2. The fourth-order valence-corrected chi connectivity index (χ4v) is 1.92. The Morgan fingerprint density at radius 2 is 1.94 bits per heavy atom. The molecule has 1 aromatic carbocycles. The summed E-state index contributed by atoms with van der Waals surface area (Å²) in [6.45, 7) is 4.25. The number of aliphatic hydroxyl groups excluding tert-OH is 1. The van der Waals surface area contributed by atoms with E-state index in [4.69, 9.17) is 0 Å². The SMILES string of the molecule is CCN=C(C)C1=C(O)c2ccccc2C1=O. The summed E-state index contributed by atoms with van der Waals surface area (Å²) in [5.74, 6) is -0.0851. The molecule has 3 heteroatoms. The molecule has 2 rings (SSSR count). The Morgan fingerprint density at radius 3 is 2.50 bits per heavy atom. The van der Waals surface area contributed by atoms with Gasteiger partial charge in [0.05, 0.1) is 5.57 Å². The number of nitrogens with zero attached hydrogens (tertiary/aromatic N) is 1. The summed E-state index contributed by atoms with van der Waals surface area (Å²) in [6, 6.07) is 7.06. The van der Waals surface area contributed by atoms with Gasteiger partial charge in [-0.25, -0.2) is 0 Å². The molecule has 0 heterocycles. The van der Waals surface area contributed by atoms with E-state index in [2.05, 4.69) is 4.99 Å². The van der Waals surface area contributed by atoms with Crippen LogP contribution in [0.2, 0.25) is 0 Å². The molecular formula is C13H13NO2. The normalized spacial score (nSPS) is 15.6. The third kappa shape index (κ3) is 1.45. The zero-order valence-corrected chi connectivity index (χ0v) is 9.32. The van der Waals surface area contributed by atoms with Crippen LogP contribution in [0, 0.1) is 0 Å². The van der Waals surface area contributed by atoms with E-state index in [0.717, 1.165) is 0 Å². The van der Waals surface area contributed by atoms with Crippen molar-refractivity contribution >= 4 is 17.3 Å². The summed E-state index contributed by atoms with van der Waals surface area (Å²) < 4.78 is 0. The molecule has 0 saturated carbocycles. The highest BCUT2D eigenvalue weighted by Crippen LogP contribution is 2.31. The van der Waals surface area contributed by atoms with Crippen LogP contribution in [-0.2, 0) is 0 Å². The van der Waals surface area contributed by atoms with Gasteiger partial charge in [-0.2, -0.15) is 0 Å². The molecule has 0 bridgehead atoms. The van der Waals surface area contributed by atoms with Crippen LogP contribution in [0.15, 0.2) is 34.8 Å². The summed E-state index contributed by atoms with van der Waals surface area (Å²) in [5, 5.41) is 9.99. The fourth-order valence-electron chi connectivity index (χ4n) is 1.92. The van der Waals surface area contributed by atoms with E-state index in [-0.39, 0.29) is 11.5 Å². The number of fused-ring (bicyclic) bond motifs is 1. The van der Waals surface area contributed by atoms with Crippen molar-refractivity contribution < 1.29 is 9.90 Å². The van der Waals surface area contributed by atoms with Crippen LogP contribution in [0.1, 0.15) is 29.8 Å². The van der Waals surface area contributed by atoms with E-state index in [9.17, 15) is 9.90 Å². The van der Waals surface area contributed by atoms with E-state index in [1.54, 1.807) is 31.2 Å². The van der Waals surface area contributed by atoms with Gasteiger partial charge < -0.3 is 5.11 Å². The van der Waals surface area contributed by atoms with Crippen LogP contribution >= 0.6 is 0 Å². The van der Waals surface area contributed by atoms with Crippen molar-refractivity contribution in [1.29, 1.82) is 0 Å². The van der Waals surface area contributed by atoms with Gasteiger partial charge in [0.15, 0.2) is 5.78 Å². The van der Waals surface area contributed by atoms with Crippen molar-refractivity contribution in [2.75, 3.05) is 6.54 Å². The van der Waals surface area contributed by atoms with Crippen LogP contribution in [-0.4, -0.2) is 23.1 Å². The number of ketones is 1. The fraction of sp³-hybridized carbons (Fsp3) is 0.231. The van der Waals surface area contributed by atoms with Gasteiger partial charge in [0.1, 0.15) is 5.76 Å². The summed E-state index contributed by atoms with van der Waals surface area (Å²) in [5.41, 5.74) is 2.10. The zero-order chi connectivity index (χ0) is 11.7. The lowest BCUT2D eigenvalue weighted by molar-refractivity contribution is 0.104. The number of Topliss-reactive ketones (excluding diaryl/α,β-unsaturated/α-hetero) is 1. The molecule has 3 nitrogen and oxygen atoms in total. The minimum Gasteiger partial charge on any atom is -0.506 e. The average molecular weight is 215 g/mol. The van der Waals surface area contributed by atoms with Crippen LogP contribution in [0.25, 0.3) is 5.76 Å². The molecule has 16 heavy (non-hydrogen) atoms. The van der Waals surface area contributed by atoms with Gasteiger partial charge in [0.2, 0.25) is 0 Å². The third-order valence-corrected chi connectivity index (χ3v) is 2.65. The number of aliphatic hydroxyl groups is 1. The van der Waals surface area contributed by atoms with E-state index in [1.807, 2.05) is 6.92 Å². The Kier molecular flexibility index (Phi) is 2.60. The Morgan fingerprint density at radius 1 is 1.31 bits per heavy atom. The third-order valence-electron chi connectivity index (χ3n) is 2.65. The molecular weight excluding hydrogens is 202 g/mol. The Balaban J connectivity index is 2.56. The number of hydrogen-bond acceptors (Lipinski definition) is 3. The Bertz CT molecular complexity index is 512. The first-order chi connectivity index (χ1) is 7.66. The van der Waals surface area contributed by atoms with Gasteiger partial charge in [0, 0.05) is 23.4 Å². The molecule has 1 aliphatic carbocycles. The smallest absolute Gasteiger partial charge is 0.199 e. The van der Waals surface area contributed by atoms with Gasteiger partial charge >= 0.3 is 0 Å². The molecule has 0 unspecified atom stereocenters. The van der Waals surface area contributed by atoms with Crippen molar-refractivity contribution in [3.8, 4) is 0 Å². The Hall–Kier alpha value is -1.90. The lowest BCUT2D eigenvalue weighted by Gasteiger charge is -2.00. The van der Waals surface area contributed by atoms with Crippen LogP contribution in [0.4, 0.5) is 0 Å². The first-order valence-electron chi connectivity index (χ1n) is 5.25. The van der Waals surface area contributed by atoms with Crippen LogP contribution < -0.4 is 0 Å². The molecule has 0 saturated heterocycles. The molecule has 0 radical (unpaired) electrons. The van der Waals surface area contributed by atoms with Crippen LogP contribution in [0.3, 0.4) is 0 Å². The van der Waals surface area contributed by atoms with Crippen molar-refractivity contribution in [3.63, 3.8) is 0 Å². The standard InChI is InChI=1S/C13H13NO2/c1-3-14-8(2)11-12(15)9-6-4-5-7-10(9)13(11)16/h4-7,15H,3H2,1-2H3. The van der Waals surface area contributed by atoms with E-state index in [0.29, 0.717) is 29.0 Å². The summed E-state index contributed by atoms with van der Waals surface area (Å²) in [7, 11) is 0. The first-order valence-corrected chi connectivity index (χ1v) is 5.25. The lowest BCUT2D eigenvalue weighted by Crippen LogP contribution is -2.07. The minimum atomic E-state index is -0.136. The molecule has 1 aromatic rings. The second kappa shape index (κ2) is 3.93. The maximum Gasteiger partial charge on any atom is 0.199 e. The summed E-state index contributed by atoms with van der Waals surface area (Å²) in [6.07, 6.45) is 0. The second-order valence-corrected chi connectivity index (χ2v) is 3.66. The zero-order valence-electron chi connectivity index (χ0n) is 9.32. The number of rotatable bonds is 2. The van der Waals surface area contributed by atoms with Crippen molar-refractivity contribution in [3.05, 3.63) is 41.0 Å². The van der Waals surface area contributed by atoms with Gasteiger partial charge in [-0.05, 0) is 13.8 Å². The van der Waals surface area contributed by atoms with E-state index >= 15 is 0 Å². The summed E-state index contributed by atoms with van der Waals surface area (Å²) >= 11 is 0. The molecule has 0 fully saturated rings. The highest BCUT2D eigenvalue weighted by atomic mass is 16.3. The van der Waals surface area contributed by atoms with Crippen molar-refractivity contribution in [2.45, 2.75) is 13.8 Å². The largest absolute Gasteiger partial charge is 0.506 e.